The van der Waals surface area contributed by atoms with Crippen LogP contribution in [0.5, 0.6) is 11.5 Å². The van der Waals surface area contributed by atoms with Crippen LogP contribution in [0.2, 0.25) is 0 Å². The van der Waals surface area contributed by atoms with Gasteiger partial charge in [0.2, 0.25) is 5.91 Å². The Balaban J connectivity index is 1.50. The maximum atomic E-state index is 12.1. The quantitative estimate of drug-likeness (QED) is 0.806. The third kappa shape index (κ3) is 4.39. The summed E-state index contributed by atoms with van der Waals surface area (Å²) in [6.45, 7) is 2.69. The molecular weight excluding hydrogens is 338 g/mol. The number of amides is 1. The van der Waals surface area contributed by atoms with Crippen LogP contribution in [0.4, 0.5) is 0 Å². The van der Waals surface area contributed by atoms with Gasteiger partial charge in [0.1, 0.15) is 11.5 Å². The number of ketones is 1. The minimum atomic E-state index is -0.0339. The first kappa shape index (κ1) is 17.5. The van der Waals surface area contributed by atoms with Gasteiger partial charge in [-0.1, -0.05) is 6.07 Å². The lowest BCUT2D eigenvalue weighted by Gasteiger charge is -2.25. The molecule has 0 spiro atoms. The molecule has 1 atom stereocenters. The van der Waals surface area contributed by atoms with Crippen molar-refractivity contribution in [3.8, 4) is 11.5 Å². The first-order valence-electron chi connectivity index (χ1n) is 8.20. The van der Waals surface area contributed by atoms with E-state index in [1.54, 1.807) is 13.2 Å². The Kier molecular flexibility index (Phi) is 5.38. The number of benzene rings is 1. The monoisotopic (exact) mass is 359 g/mol. The molecule has 132 valence electrons. The molecule has 2 heterocycles. The van der Waals surface area contributed by atoms with Crippen LogP contribution in [0.25, 0.3) is 0 Å². The van der Waals surface area contributed by atoms with Crippen molar-refractivity contribution in [3.05, 3.63) is 45.6 Å². The van der Waals surface area contributed by atoms with Gasteiger partial charge in [0.15, 0.2) is 5.78 Å². The highest BCUT2D eigenvalue weighted by molar-refractivity contribution is 7.12. The SMILES string of the molecule is COc1ccc2c(c1)OC[C@H](CNC(=O)Cc1csc(C(C)=O)c1)C2. The predicted octanol–water partition coefficient (Wildman–Crippen LogP) is 2.87. The van der Waals surface area contributed by atoms with Crippen LogP contribution in [0, 0.1) is 5.92 Å². The summed E-state index contributed by atoms with van der Waals surface area (Å²) in [5, 5.41) is 4.83. The van der Waals surface area contributed by atoms with Crippen LogP contribution in [0.15, 0.2) is 29.6 Å². The average molecular weight is 359 g/mol. The van der Waals surface area contributed by atoms with Crippen molar-refractivity contribution in [1.82, 2.24) is 5.32 Å². The Bertz CT molecular complexity index is 783. The molecule has 25 heavy (non-hydrogen) atoms. The minimum Gasteiger partial charge on any atom is -0.497 e. The van der Waals surface area contributed by atoms with Gasteiger partial charge in [-0.3, -0.25) is 9.59 Å². The highest BCUT2D eigenvalue weighted by Crippen LogP contribution is 2.30. The van der Waals surface area contributed by atoms with Crippen molar-refractivity contribution in [3.63, 3.8) is 0 Å². The number of carbonyl (C=O) groups excluding carboxylic acids is 2. The van der Waals surface area contributed by atoms with Crippen molar-refractivity contribution in [1.29, 1.82) is 0 Å². The topological polar surface area (TPSA) is 64.6 Å². The van der Waals surface area contributed by atoms with Crippen molar-refractivity contribution < 1.29 is 19.1 Å². The molecule has 0 aliphatic carbocycles. The van der Waals surface area contributed by atoms with Crippen LogP contribution in [-0.2, 0) is 17.6 Å². The molecule has 0 bridgehead atoms. The van der Waals surface area contributed by atoms with Crippen LogP contribution < -0.4 is 14.8 Å². The van der Waals surface area contributed by atoms with E-state index in [0.29, 0.717) is 24.4 Å². The zero-order valence-corrected chi connectivity index (χ0v) is 15.2. The van der Waals surface area contributed by atoms with Gasteiger partial charge in [-0.2, -0.15) is 0 Å². The molecule has 2 aromatic rings. The molecule has 0 saturated carbocycles. The number of thiophene rings is 1. The second-order valence-corrected chi connectivity index (χ2v) is 7.12. The summed E-state index contributed by atoms with van der Waals surface area (Å²) in [5.74, 6) is 1.89. The zero-order valence-electron chi connectivity index (χ0n) is 14.3. The van der Waals surface area contributed by atoms with E-state index in [0.717, 1.165) is 29.0 Å². The number of hydrogen-bond acceptors (Lipinski definition) is 5. The van der Waals surface area contributed by atoms with Crippen molar-refractivity contribution >= 4 is 23.0 Å². The lowest BCUT2D eigenvalue weighted by molar-refractivity contribution is -0.120. The Labute approximate surface area is 151 Å². The molecule has 0 unspecified atom stereocenters. The van der Waals surface area contributed by atoms with E-state index in [9.17, 15) is 9.59 Å². The first-order chi connectivity index (χ1) is 12.0. The zero-order chi connectivity index (χ0) is 17.8. The Morgan fingerprint density at radius 3 is 2.92 bits per heavy atom. The van der Waals surface area contributed by atoms with Crippen LogP contribution >= 0.6 is 11.3 Å². The average Bonchev–Trinajstić information content (AvgIpc) is 3.08. The summed E-state index contributed by atoms with van der Waals surface area (Å²) in [7, 11) is 1.63. The molecule has 1 aromatic carbocycles. The van der Waals surface area contributed by atoms with E-state index in [2.05, 4.69) is 5.32 Å². The molecule has 0 fully saturated rings. The summed E-state index contributed by atoms with van der Waals surface area (Å²) in [4.78, 5) is 24.1. The molecule has 3 rings (SSSR count). The van der Waals surface area contributed by atoms with Crippen LogP contribution in [0.1, 0.15) is 27.7 Å². The van der Waals surface area contributed by atoms with Gasteiger partial charge in [-0.25, -0.2) is 0 Å². The number of methoxy groups -OCH3 is 1. The lowest BCUT2D eigenvalue weighted by atomic mass is 9.96. The summed E-state index contributed by atoms with van der Waals surface area (Å²) in [5.41, 5.74) is 2.01. The molecule has 6 heteroatoms. The lowest BCUT2D eigenvalue weighted by Crippen LogP contribution is -2.35. The van der Waals surface area contributed by atoms with Crippen LogP contribution in [0.3, 0.4) is 0 Å². The Hall–Kier alpha value is -2.34. The fourth-order valence-corrected chi connectivity index (χ4v) is 3.65. The van der Waals surface area contributed by atoms with Crippen LogP contribution in [-0.4, -0.2) is 32.0 Å². The second kappa shape index (κ2) is 7.70. The number of hydrogen-bond donors (Lipinski definition) is 1. The van der Waals surface area contributed by atoms with Gasteiger partial charge in [0.25, 0.3) is 0 Å². The highest BCUT2D eigenvalue weighted by Gasteiger charge is 2.21. The Morgan fingerprint density at radius 2 is 2.20 bits per heavy atom. The van der Waals surface area contributed by atoms with Crippen molar-refractivity contribution in [2.45, 2.75) is 19.8 Å². The molecule has 1 aliphatic heterocycles. The van der Waals surface area contributed by atoms with Crippen molar-refractivity contribution in [2.24, 2.45) is 5.92 Å². The van der Waals surface area contributed by atoms with Gasteiger partial charge in [-0.15, -0.1) is 11.3 Å². The number of fused-ring (bicyclic) bond motifs is 1. The predicted molar refractivity (Wildman–Crippen MR) is 96.7 cm³/mol. The summed E-state index contributed by atoms with van der Waals surface area (Å²) >= 11 is 1.38. The summed E-state index contributed by atoms with van der Waals surface area (Å²) in [6.07, 6.45) is 1.16. The van der Waals surface area contributed by atoms with E-state index < -0.39 is 0 Å². The third-order valence-corrected chi connectivity index (χ3v) is 5.29. The third-order valence-electron chi connectivity index (χ3n) is 4.21. The molecular formula is C19H21NO4S. The maximum absolute atomic E-state index is 12.1. The van der Waals surface area contributed by atoms with E-state index in [1.165, 1.54) is 18.3 Å². The molecule has 5 nitrogen and oxygen atoms in total. The van der Waals surface area contributed by atoms with Gasteiger partial charge in [0.05, 0.1) is 25.0 Å². The van der Waals surface area contributed by atoms with Gasteiger partial charge >= 0.3 is 0 Å². The fraction of sp³-hybridized carbons (Fsp3) is 0.368. The normalized spacial score (nSPS) is 15.8. The second-order valence-electron chi connectivity index (χ2n) is 6.21. The fourth-order valence-electron chi connectivity index (χ4n) is 2.83. The first-order valence-corrected chi connectivity index (χ1v) is 9.08. The largest absolute Gasteiger partial charge is 0.497 e. The van der Waals surface area contributed by atoms with Gasteiger partial charge in [-0.05, 0) is 42.0 Å². The summed E-state index contributed by atoms with van der Waals surface area (Å²) < 4.78 is 11.0. The van der Waals surface area contributed by atoms with E-state index in [4.69, 9.17) is 9.47 Å². The Morgan fingerprint density at radius 1 is 1.36 bits per heavy atom. The standard InChI is InChI=1S/C19H21NO4S/c1-12(21)18-6-13(11-25-18)7-19(22)20-9-14-5-15-3-4-16(23-2)8-17(15)24-10-14/h3-4,6,8,11,14H,5,7,9-10H2,1-2H3,(H,20,22)/t14-/m0/s1. The minimum absolute atomic E-state index is 0.0336. The number of nitrogens with one attached hydrogen (secondary N) is 1. The maximum Gasteiger partial charge on any atom is 0.224 e. The number of carbonyl (C=O) groups is 2. The number of ether oxygens (including phenoxy) is 2. The summed E-state index contributed by atoms with van der Waals surface area (Å²) in [6, 6.07) is 7.62. The van der Waals surface area contributed by atoms with Crippen molar-refractivity contribution in [2.75, 3.05) is 20.3 Å². The highest BCUT2D eigenvalue weighted by atomic mass is 32.1. The molecule has 1 amide bonds. The van der Waals surface area contributed by atoms with E-state index >= 15 is 0 Å². The van der Waals surface area contributed by atoms with E-state index in [1.807, 2.05) is 23.6 Å². The number of rotatable bonds is 6. The smallest absolute Gasteiger partial charge is 0.224 e. The molecule has 1 N–H and O–H groups in total. The van der Waals surface area contributed by atoms with Gasteiger partial charge < -0.3 is 14.8 Å². The van der Waals surface area contributed by atoms with E-state index in [-0.39, 0.29) is 17.6 Å². The van der Waals surface area contributed by atoms with Gasteiger partial charge in [0, 0.05) is 18.5 Å². The number of Topliss-reactive ketones (excluding diaryl/α,β-unsaturated/α-hetero) is 1. The molecule has 1 aromatic heterocycles. The molecule has 0 radical (unpaired) electrons. The molecule has 1 aliphatic rings. The molecule has 0 saturated heterocycles.